The fourth-order valence-corrected chi connectivity index (χ4v) is 1.99. The molecule has 0 heterocycles. The van der Waals surface area contributed by atoms with Crippen LogP contribution in [0.5, 0.6) is 0 Å². The van der Waals surface area contributed by atoms with Crippen LogP contribution in [-0.4, -0.2) is 5.78 Å². The van der Waals surface area contributed by atoms with E-state index in [9.17, 15) is 4.79 Å². The fraction of sp³-hybridized carbons (Fsp3) is 0.417. The zero-order chi connectivity index (χ0) is 10.3. The van der Waals surface area contributed by atoms with Gasteiger partial charge in [0.15, 0.2) is 5.78 Å². The van der Waals surface area contributed by atoms with Gasteiger partial charge in [0, 0.05) is 11.5 Å². The highest BCUT2D eigenvalue weighted by Crippen LogP contribution is 2.53. The number of ketones is 1. The summed E-state index contributed by atoms with van der Waals surface area (Å²) in [6, 6.07) is 7.27. The Labute approximate surface area is 89.1 Å². The van der Waals surface area contributed by atoms with Crippen LogP contribution < -0.4 is 0 Å². The number of halogens is 1. The van der Waals surface area contributed by atoms with E-state index < -0.39 is 0 Å². The van der Waals surface area contributed by atoms with Crippen molar-refractivity contribution in [2.75, 3.05) is 0 Å². The number of hydrogen-bond acceptors (Lipinski definition) is 1. The van der Waals surface area contributed by atoms with Crippen molar-refractivity contribution in [3.8, 4) is 0 Å². The smallest absolute Gasteiger partial charge is 0.167 e. The molecule has 14 heavy (non-hydrogen) atoms. The third-order valence-corrected chi connectivity index (χ3v) is 3.30. The molecule has 1 aromatic rings. The molecule has 0 saturated heterocycles. The van der Waals surface area contributed by atoms with Crippen LogP contribution in [0.3, 0.4) is 0 Å². The van der Waals surface area contributed by atoms with Crippen molar-refractivity contribution in [1.29, 1.82) is 0 Å². The predicted octanol–water partition coefficient (Wildman–Crippen LogP) is 3.57. The van der Waals surface area contributed by atoms with Gasteiger partial charge in [0.1, 0.15) is 0 Å². The van der Waals surface area contributed by atoms with Crippen molar-refractivity contribution in [3.63, 3.8) is 0 Å². The number of hydrogen-bond donors (Lipinski definition) is 0. The van der Waals surface area contributed by atoms with E-state index in [1.807, 2.05) is 12.1 Å². The second kappa shape index (κ2) is 3.09. The van der Waals surface area contributed by atoms with E-state index in [0.717, 1.165) is 6.42 Å². The van der Waals surface area contributed by atoms with Gasteiger partial charge in [0.25, 0.3) is 0 Å². The number of rotatable bonds is 2. The van der Waals surface area contributed by atoms with Gasteiger partial charge in [0.05, 0.1) is 5.02 Å². The molecule has 0 bridgehead atoms. The van der Waals surface area contributed by atoms with Crippen LogP contribution >= 0.6 is 11.6 Å². The largest absolute Gasteiger partial charge is 0.294 e. The number of benzene rings is 1. The average molecular weight is 209 g/mol. The summed E-state index contributed by atoms with van der Waals surface area (Å²) in [6.45, 7) is 4.23. The Kier molecular flexibility index (Phi) is 2.15. The van der Waals surface area contributed by atoms with Gasteiger partial charge < -0.3 is 0 Å². The maximum atomic E-state index is 12.0. The molecule has 1 fully saturated rings. The van der Waals surface area contributed by atoms with Crippen molar-refractivity contribution >= 4 is 17.4 Å². The van der Waals surface area contributed by atoms with Crippen LogP contribution in [0.2, 0.25) is 5.02 Å². The van der Waals surface area contributed by atoms with Crippen LogP contribution in [-0.2, 0) is 0 Å². The minimum atomic E-state index is 0.169. The Morgan fingerprint density at radius 2 is 2.00 bits per heavy atom. The molecular weight excluding hydrogens is 196 g/mol. The predicted molar refractivity (Wildman–Crippen MR) is 57.7 cm³/mol. The Bertz CT molecular complexity index is 382. The molecular formula is C12H13ClO. The summed E-state index contributed by atoms with van der Waals surface area (Å²) < 4.78 is 0. The molecule has 0 N–H and O–H groups in total. The van der Waals surface area contributed by atoms with Gasteiger partial charge in [-0.05, 0) is 24.0 Å². The van der Waals surface area contributed by atoms with Gasteiger partial charge in [-0.3, -0.25) is 4.79 Å². The van der Waals surface area contributed by atoms with E-state index in [1.54, 1.807) is 12.1 Å². The Morgan fingerprint density at radius 3 is 2.50 bits per heavy atom. The van der Waals surface area contributed by atoms with Crippen LogP contribution in [0.4, 0.5) is 0 Å². The summed E-state index contributed by atoms with van der Waals surface area (Å²) in [5.74, 6) is 0.364. The number of carbonyl (C=O) groups excluding carboxylic acids is 1. The maximum absolute atomic E-state index is 12.0. The molecule has 2 heteroatoms. The molecule has 1 nitrogen and oxygen atoms in total. The minimum Gasteiger partial charge on any atom is -0.294 e. The first-order chi connectivity index (χ1) is 6.52. The minimum absolute atomic E-state index is 0.169. The highest BCUT2D eigenvalue weighted by Gasteiger charge is 2.50. The lowest BCUT2D eigenvalue weighted by Crippen LogP contribution is -2.06. The first-order valence-corrected chi connectivity index (χ1v) is 5.19. The van der Waals surface area contributed by atoms with Crippen LogP contribution in [0.25, 0.3) is 0 Å². The third kappa shape index (κ3) is 1.57. The standard InChI is InChI=1S/C12H13ClO/c1-12(2)7-9(12)11(14)8-5-3-4-6-10(8)13/h3-6,9H,7H2,1-2H3. The van der Waals surface area contributed by atoms with Gasteiger partial charge in [-0.15, -0.1) is 0 Å². The van der Waals surface area contributed by atoms with E-state index in [2.05, 4.69) is 13.8 Å². The summed E-state index contributed by atoms with van der Waals surface area (Å²) >= 11 is 5.96. The third-order valence-electron chi connectivity index (χ3n) is 2.97. The Hall–Kier alpha value is -0.820. The normalized spacial score (nSPS) is 23.2. The van der Waals surface area contributed by atoms with Crippen LogP contribution in [0.1, 0.15) is 30.6 Å². The lowest BCUT2D eigenvalue weighted by Gasteiger charge is -2.04. The monoisotopic (exact) mass is 208 g/mol. The van der Waals surface area contributed by atoms with E-state index in [0.29, 0.717) is 10.6 Å². The highest BCUT2D eigenvalue weighted by molar-refractivity contribution is 6.34. The zero-order valence-corrected chi connectivity index (χ0v) is 9.14. The molecule has 0 radical (unpaired) electrons. The summed E-state index contributed by atoms with van der Waals surface area (Å²) in [7, 11) is 0. The molecule has 1 aliphatic carbocycles. The van der Waals surface area contributed by atoms with Gasteiger partial charge in [-0.2, -0.15) is 0 Å². The second-order valence-electron chi connectivity index (χ2n) is 4.59. The molecule has 74 valence electrons. The van der Waals surface area contributed by atoms with E-state index in [4.69, 9.17) is 11.6 Å². The molecule has 0 amide bonds. The molecule has 1 atom stereocenters. The van der Waals surface area contributed by atoms with Crippen molar-refractivity contribution in [1.82, 2.24) is 0 Å². The number of carbonyl (C=O) groups is 1. The lowest BCUT2D eigenvalue weighted by atomic mass is 10.0. The SMILES string of the molecule is CC1(C)CC1C(=O)c1ccccc1Cl. The fourth-order valence-electron chi connectivity index (χ4n) is 1.76. The second-order valence-corrected chi connectivity index (χ2v) is 5.00. The van der Waals surface area contributed by atoms with Crippen molar-refractivity contribution in [3.05, 3.63) is 34.9 Å². The van der Waals surface area contributed by atoms with E-state index >= 15 is 0 Å². The number of Topliss-reactive ketones (excluding diaryl/α,β-unsaturated/α-hetero) is 1. The van der Waals surface area contributed by atoms with Crippen molar-refractivity contribution in [2.45, 2.75) is 20.3 Å². The van der Waals surface area contributed by atoms with Crippen LogP contribution in [0, 0.1) is 11.3 Å². The van der Waals surface area contributed by atoms with Gasteiger partial charge >= 0.3 is 0 Å². The first kappa shape index (κ1) is 9.72. The molecule has 1 saturated carbocycles. The molecule has 0 aromatic heterocycles. The first-order valence-electron chi connectivity index (χ1n) is 4.81. The van der Waals surface area contributed by atoms with Gasteiger partial charge in [-0.25, -0.2) is 0 Å². The molecule has 1 aromatic carbocycles. The summed E-state index contributed by atoms with van der Waals surface area (Å²) in [5, 5.41) is 0.570. The lowest BCUT2D eigenvalue weighted by molar-refractivity contribution is 0.0953. The average Bonchev–Trinajstić information content (AvgIpc) is 2.75. The Morgan fingerprint density at radius 1 is 1.43 bits per heavy atom. The molecule has 0 spiro atoms. The van der Waals surface area contributed by atoms with Gasteiger partial charge in [-0.1, -0.05) is 37.6 Å². The summed E-state index contributed by atoms with van der Waals surface area (Å²) in [4.78, 5) is 12.0. The molecule has 1 unspecified atom stereocenters. The molecule has 0 aliphatic heterocycles. The highest BCUT2D eigenvalue weighted by atomic mass is 35.5. The Balaban J connectivity index is 2.25. The van der Waals surface area contributed by atoms with E-state index in [1.165, 1.54) is 0 Å². The zero-order valence-electron chi connectivity index (χ0n) is 8.38. The van der Waals surface area contributed by atoms with E-state index in [-0.39, 0.29) is 17.1 Å². The van der Waals surface area contributed by atoms with Gasteiger partial charge in [0.2, 0.25) is 0 Å². The summed E-state index contributed by atoms with van der Waals surface area (Å²) in [6.07, 6.45) is 0.983. The van der Waals surface area contributed by atoms with Crippen molar-refractivity contribution < 1.29 is 4.79 Å². The van der Waals surface area contributed by atoms with Crippen LogP contribution in [0.15, 0.2) is 24.3 Å². The molecule has 1 aliphatic rings. The topological polar surface area (TPSA) is 17.1 Å². The molecule has 2 rings (SSSR count). The quantitative estimate of drug-likeness (QED) is 0.680. The summed E-state index contributed by atoms with van der Waals surface area (Å²) in [5.41, 5.74) is 0.848. The maximum Gasteiger partial charge on any atom is 0.167 e. The van der Waals surface area contributed by atoms with Crippen molar-refractivity contribution in [2.24, 2.45) is 11.3 Å².